The molecule has 3 aromatic carbocycles. The molecule has 0 spiro atoms. The van der Waals surface area contributed by atoms with Crippen LogP contribution in [0.4, 0.5) is 28.4 Å². The molecule has 3 rings (SSSR count). The highest BCUT2D eigenvalue weighted by Gasteiger charge is 2.15. The molecule has 0 N–H and O–H groups in total. The lowest BCUT2D eigenvalue weighted by molar-refractivity contribution is -0.385. The molecule has 0 bridgehead atoms. The van der Waals surface area contributed by atoms with Gasteiger partial charge in [-0.15, -0.1) is 0 Å². The number of nitrogens with zero attached hydrogens (tertiary/aromatic N) is 3. The SMILES string of the molecule is CCOc1ccc(N(c2ccc([N+](=O)[O-])cc2)c2ccc([N+](=O)[O-])cc2)cc1. The zero-order chi connectivity index (χ0) is 20.1. The number of benzene rings is 3. The third-order valence-corrected chi connectivity index (χ3v) is 4.04. The number of anilines is 3. The monoisotopic (exact) mass is 379 g/mol. The first-order valence-electron chi connectivity index (χ1n) is 8.51. The molecule has 8 heteroatoms. The van der Waals surface area contributed by atoms with Gasteiger partial charge in [0.1, 0.15) is 5.75 Å². The summed E-state index contributed by atoms with van der Waals surface area (Å²) < 4.78 is 5.47. The van der Waals surface area contributed by atoms with E-state index in [4.69, 9.17) is 4.74 Å². The van der Waals surface area contributed by atoms with Crippen molar-refractivity contribution in [2.45, 2.75) is 6.92 Å². The Bertz CT molecular complexity index is 913. The Morgan fingerprint density at radius 1 is 0.714 bits per heavy atom. The summed E-state index contributed by atoms with van der Waals surface area (Å²) in [4.78, 5) is 22.8. The molecule has 0 fully saturated rings. The molecule has 0 saturated heterocycles. The Balaban J connectivity index is 2.04. The van der Waals surface area contributed by atoms with Crippen molar-refractivity contribution in [2.75, 3.05) is 11.5 Å². The quantitative estimate of drug-likeness (QED) is 0.404. The van der Waals surface area contributed by atoms with Crippen LogP contribution in [0.2, 0.25) is 0 Å². The second kappa shape index (κ2) is 8.17. The molecule has 3 aromatic rings. The minimum Gasteiger partial charge on any atom is -0.494 e. The van der Waals surface area contributed by atoms with Crippen LogP contribution >= 0.6 is 0 Å². The third-order valence-electron chi connectivity index (χ3n) is 4.04. The van der Waals surface area contributed by atoms with E-state index in [9.17, 15) is 20.2 Å². The molecule has 0 aliphatic heterocycles. The highest BCUT2D eigenvalue weighted by molar-refractivity contribution is 5.77. The third kappa shape index (κ3) is 4.07. The fourth-order valence-corrected chi connectivity index (χ4v) is 2.75. The van der Waals surface area contributed by atoms with Crippen LogP contribution in [0, 0.1) is 20.2 Å². The van der Waals surface area contributed by atoms with E-state index in [0.717, 1.165) is 11.4 Å². The molecule has 0 atom stereocenters. The van der Waals surface area contributed by atoms with Crippen LogP contribution in [-0.2, 0) is 0 Å². The van der Waals surface area contributed by atoms with Gasteiger partial charge in [0.2, 0.25) is 0 Å². The normalized spacial score (nSPS) is 10.3. The lowest BCUT2D eigenvalue weighted by atomic mass is 10.1. The lowest BCUT2D eigenvalue weighted by Crippen LogP contribution is -2.10. The van der Waals surface area contributed by atoms with Crippen molar-refractivity contribution < 1.29 is 14.6 Å². The van der Waals surface area contributed by atoms with Gasteiger partial charge in [0, 0.05) is 41.3 Å². The maximum atomic E-state index is 10.9. The van der Waals surface area contributed by atoms with E-state index in [-0.39, 0.29) is 11.4 Å². The largest absolute Gasteiger partial charge is 0.494 e. The first-order chi connectivity index (χ1) is 13.5. The van der Waals surface area contributed by atoms with Crippen molar-refractivity contribution in [3.63, 3.8) is 0 Å². The molecular weight excluding hydrogens is 362 g/mol. The Hall–Kier alpha value is -3.94. The van der Waals surface area contributed by atoms with E-state index >= 15 is 0 Å². The number of hydrogen-bond donors (Lipinski definition) is 0. The number of hydrogen-bond acceptors (Lipinski definition) is 6. The van der Waals surface area contributed by atoms with Crippen LogP contribution in [0.15, 0.2) is 72.8 Å². The van der Waals surface area contributed by atoms with Gasteiger partial charge in [-0.25, -0.2) is 0 Å². The maximum absolute atomic E-state index is 10.9. The number of non-ortho nitro benzene ring substituents is 2. The molecule has 0 heterocycles. The lowest BCUT2D eigenvalue weighted by Gasteiger charge is -2.25. The fraction of sp³-hybridized carbons (Fsp3) is 0.100. The molecule has 0 unspecified atom stereocenters. The molecular formula is C20H17N3O5. The summed E-state index contributed by atoms with van der Waals surface area (Å²) in [5.74, 6) is 0.721. The summed E-state index contributed by atoms with van der Waals surface area (Å²) in [5, 5.41) is 21.9. The molecule has 142 valence electrons. The van der Waals surface area contributed by atoms with Gasteiger partial charge >= 0.3 is 0 Å². The zero-order valence-corrected chi connectivity index (χ0v) is 15.0. The molecule has 8 nitrogen and oxygen atoms in total. The number of rotatable bonds is 7. The number of ether oxygens (including phenoxy) is 1. The summed E-state index contributed by atoms with van der Waals surface area (Å²) in [6, 6.07) is 19.6. The second-order valence-corrected chi connectivity index (χ2v) is 5.81. The van der Waals surface area contributed by atoms with Gasteiger partial charge in [-0.3, -0.25) is 20.2 Å². The Labute approximate surface area is 160 Å². The fourth-order valence-electron chi connectivity index (χ4n) is 2.75. The van der Waals surface area contributed by atoms with E-state index in [1.165, 1.54) is 24.3 Å². The molecule has 0 radical (unpaired) electrons. The molecule has 0 aliphatic rings. The van der Waals surface area contributed by atoms with E-state index in [0.29, 0.717) is 18.0 Å². The molecule has 28 heavy (non-hydrogen) atoms. The molecule has 0 aromatic heterocycles. The van der Waals surface area contributed by atoms with Gasteiger partial charge in [-0.2, -0.15) is 0 Å². The van der Waals surface area contributed by atoms with Crippen LogP contribution < -0.4 is 9.64 Å². The van der Waals surface area contributed by atoms with E-state index in [1.807, 2.05) is 36.1 Å². The Morgan fingerprint density at radius 3 is 1.39 bits per heavy atom. The first-order valence-corrected chi connectivity index (χ1v) is 8.51. The zero-order valence-electron chi connectivity index (χ0n) is 15.0. The number of nitro groups is 2. The van der Waals surface area contributed by atoms with Gasteiger partial charge in [-0.1, -0.05) is 0 Å². The highest BCUT2D eigenvalue weighted by Crippen LogP contribution is 2.36. The predicted octanol–water partition coefficient (Wildman–Crippen LogP) is 5.37. The maximum Gasteiger partial charge on any atom is 0.269 e. The summed E-state index contributed by atoms with van der Waals surface area (Å²) in [5.41, 5.74) is 2.12. The van der Waals surface area contributed by atoms with Gasteiger partial charge in [-0.05, 0) is 55.5 Å². The summed E-state index contributed by atoms with van der Waals surface area (Å²) in [6.07, 6.45) is 0. The predicted molar refractivity (Wildman–Crippen MR) is 106 cm³/mol. The van der Waals surface area contributed by atoms with Crippen molar-refractivity contribution in [3.8, 4) is 5.75 Å². The first kappa shape index (κ1) is 18.8. The van der Waals surface area contributed by atoms with Crippen molar-refractivity contribution in [3.05, 3.63) is 93.0 Å². The summed E-state index contributed by atoms with van der Waals surface area (Å²) in [7, 11) is 0. The number of nitro benzene ring substituents is 2. The molecule has 0 saturated carbocycles. The van der Waals surface area contributed by atoms with E-state index in [1.54, 1.807) is 24.3 Å². The van der Waals surface area contributed by atoms with Crippen LogP contribution in [-0.4, -0.2) is 16.5 Å². The summed E-state index contributed by atoms with van der Waals surface area (Å²) in [6.45, 7) is 2.45. The highest BCUT2D eigenvalue weighted by atomic mass is 16.6. The van der Waals surface area contributed by atoms with Gasteiger partial charge in [0.25, 0.3) is 11.4 Å². The van der Waals surface area contributed by atoms with Gasteiger partial charge in [0.05, 0.1) is 16.5 Å². The Kier molecular flexibility index (Phi) is 5.50. The van der Waals surface area contributed by atoms with Crippen LogP contribution in [0.1, 0.15) is 6.92 Å². The van der Waals surface area contributed by atoms with Crippen molar-refractivity contribution >= 4 is 28.4 Å². The smallest absolute Gasteiger partial charge is 0.269 e. The van der Waals surface area contributed by atoms with Crippen LogP contribution in [0.25, 0.3) is 0 Å². The van der Waals surface area contributed by atoms with Gasteiger partial charge in [0.15, 0.2) is 0 Å². The topological polar surface area (TPSA) is 98.8 Å². The second-order valence-electron chi connectivity index (χ2n) is 5.81. The summed E-state index contributed by atoms with van der Waals surface area (Å²) >= 11 is 0. The van der Waals surface area contributed by atoms with Crippen LogP contribution in [0.3, 0.4) is 0 Å². The van der Waals surface area contributed by atoms with Gasteiger partial charge < -0.3 is 9.64 Å². The standard InChI is InChI=1S/C20H17N3O5/c1-2-28-20-13-11-17(12-14-20)21(15-3-7-18(8-4-15)22(24)25)16-5-9-19(10-6-16)23(26)27/h3-14H,2H2,1H3. The molecule has 0 aliphatic carbocycles. The average molecular weight is 379 g/mol. The van der Waals surface area contributed by atoms with Crippen molar-refractivity contribution in [2.24, 2.45) is 0 Å². The van der Waals surface area contributed by atoms with Crippen molar-refractivity contribution in [1.82, 2.24) is 0 Å². The van der Waals surface area contributed by atoms with Crippen LogP contribution in [0.5, 0.6) is 5.75 Å². The van der Waals surface area contributed by atoms with E-state index in [2.05, 4.69) is 0 Å². The molecule has 0 amide bonds. The van der Waals surface area contributed by atoms with Crippen molar-refractivity contribution in [1.29, 1.82) is 0 Å². The Morgan fingerprint density at radius 2 is 1.07 bits per heavy atom. The average Bonchev–Trinajstić information content (AvgIpc) is 2.70. The minimum absolute atomic E-state index is 0.0147. The minimum atomic E-state index is -0.461. The van der Waals surface area contributed by atoms with E-state index < -0.39 is 9.85 Å².